The van der Waals surface area contributed by atoms with E-state index in [0.717, 1.165) is 0 Å². The lowest BCUT2D eigenvalue weighted by molar-refractivity contribution is -0.141. The Morgan fingerprint density at radius 3 is 2.40 bits per heavy atom. The van der Waals surface area contributed by atoms with Gasteiger partial charge in [0.25, 0.3) is 0 Å². The van der Waals surface area contributed by atoms with Crippen molar-refractivity contribution in [1.82, 2.24) is 5.32 Å². The van der Waals surface area contributed by atoms with Gasteiger partial charge in [-0.15, -0.1) is 11.6 Å². The molecule has 0 saturated heterocycles. The lowest BCUT2D eigenvalue weighted by Gasteiger charge is -2.13. The number of carboxylic acid groups (broad SMARTS) is 1. The van der Waals surface area contributed by atoms with Gasteiger partial charge < -0.3 is 10.4 Å². The van der Waals surface area contributed by atoms with Crippen LogP contribution >= 0.6 is 11.6 Å². The number of alkyl halides is 1. The molecular formula is C10H10ClNO3. The highest BCUT2D eigenvalue weighted by Gasteiger charge is 2.20. The van der Waals surface area contributed by atoms with Crippen LogP contribution in [0.2, 0.25) is 0 Å². The third kappa shape index (κ3) is 3.25. The maximum Gasteiger partial charge on any atom is 0.330 e. The van der Waals surface area contributed by atoms with Crippen LogP contribution in [0.3, 0.4) is 0 Å². The Bertz CT molecular complexity index is 353. The zero-order valence-corrected chi connectivity index (χ0v) is 8.57. The molecule has 5 heteroatoms. The summed E-state index contributed by atoms with van der Waals surface area (Å²) < 4.78 is 0. The summed E-state index contributed by atoms with van der Waals surface area (Å²) in [5.41, 5.74) is 0.517. The van der Waals surface area contributed by atoms with Crippen molar-refractivity contribution in [2.75, 3.05) is 5.88 Å². The van der Waals surface area contributed by atoms with Gasteiger partial charge in [-0.05, 0) is 5.56 Å². The van der Waals surface area contributed by atoms with Crippen LogP contribution in [-0.2, 0) is 9.59 Å². The number of carbonyl (C=O) groups excluding carboxylic acids is 1. The lowest BCUT2D eigenvalue weighted by Crippen LogP contribution is -2.34. The van der Waals surface area contributed by atoms with Crippen LogP contribution in [0.5, 0.6) is 0 Å². The van der Waals surface area contributed by atoms with Crippen molar-refractivity contribution in [1.29, 1.82) is 0 Å². The predicted molar refractivity (Wildman–Crippen MR) is 55.7 cm³/mol. The number of nitrogens with one attached hydrogen (secondary N) is 1. The van der Waals surface area contributed by atoms with Crippen molar-refractivity contribution in [2.45, 2.75) is 6.04 Å². The zero-order chi connectivity index (χ0) is 11.3. The monoisotopic (exact) mass is 227 g/mol. The fraction of sp³-hybridized carbons (Fsp3) is 0.200. The fourth-order valence-corrected chi connectivity index (χ4v) is 1.21. The topological polar surface area (TPSA) is 66.4 Å². The molecule has 0 aliphatic carbocycles. The second-order valence-corrected chi connectivity index (χ2v) is 3.15. The van der Waals surface area contributed by atoms with Crippen LogP contribution in [0.1, 0.15) is 11.6 Å². The summed E-state index contributed by atoms with van der Waals surface area (Å²) in [5, 5.41) is 11.2. The van der Waals surface area contributed by atoms with E-state index in [1.807, 2.05) is 0 Å². The smallest absolute Gasteiger partial charge is 0.330 e. The summed E-state index contributed by atoms with van der Waals surface area (Å²) >= 11 is 5.28. The minimum absolute atomic E-state index is 0.253. The number of amides is 1. The molecule has 0 aromatic heterocycles. The highest BCUT2D eigenvalue weighted by molar-refractivity contribution is 6.27. The molecule has 0 radical (unpaired) electrons. The first-order valence-electron chi connectivity index (χ1n) is 4.28. The van der Waals surface area contributed by atoms with E-state index in [1.165, 1.54) is 0 Å². The van der Waals surface area contributed by atoms with E-state index in [1.54, 1.807) is 30.3 Å². The van der Waals surface area contributed by atoms with Crippen LogP contribution in [0.4, 0.5) is 0 Å². The molecule has 1 aromatic carbocycles. The Balaban J connectivity index is 2.84. The van der Waals surface area contributed by atoms with Crippen molar-refractivity contribution in [3.63, 3.8) is 0 Å². The van der Waals surface area contributed by atoms with Crippen LogP contribution < -0.4 is 5.32 Å². The van der Waals surface area contributed by atoms with E-state index in [2.05, 4.69) is 5.32 Å². The predicted octanol–water partition coefficient (Wildman–Crippen LogP) is 1.17. The summed E-state index contributed by atoms with van der Waals surface area (Å²) in [6.45, 7) is 0. The molecule has 0 spiro atoms. The largest absolute Gasteiger partial charge is 0.479 e. The zero-order valence-electron chi connectivity index (χ0n) is 7.81. The van der Waals surface area contributed by atoms with Crippen molar-refractivity contribution in [3.8, 4) is 0 Å². The van der Waals surface area contributed by atoms with Gasteiger partial charge in [0.15, 0.2) is 6.04 Å². The molecule has 1 aromatic rings. The molecule has 1 rings (SSSR count). The molecule has 1 atom stereocenters. The molecule has 0 aliphatic heterocycles. The van der Waals surface area contributed by atoms with Crippen molar-refractivity contribution in [2.24, 2.45) is 0 Å². The number of hydrogen-bond donors (Lipinski definition) is 2. The number of aliphatic carboxylic acids is 1. The maximum atomic E-state index is 11.0. The van der Waals surface area contributed by atoms with Crippen molar-refractivity contribution >= 4 is 23.5 Å². The van der Waals surface area contributed by atoms with E-state index < -0.39 is 17.9 Å². The number of halogens is 1. The van der Waals surface area contributed by atoms with Crippen LogP contribution in [-0.4, -0.2) is 22.9 Å². The van der Waals surface area contributed by atoms with Crippen molar-refractivity contribution in [3.05, 3.63) is 35.9 Å². The number of carboxylic acids is 1. The second-order valence-electron chi connectivity index (χ2n) is 2.88. The normalized spacial score (nSPS) is 11.8. The third-order valence-electron chi connectivity index (χ3n) is 1.81. The first-order valence-corrected chi connectivity index (χ1v) is 4.81. The highest BCUT2D eigenvalue weighted by atomic mass is 35.5. The summed E-state index contributed by atoms with van der Waals surface area (Å²) in [5.74, 6) is -1.87. The molecule has 1 amide bonds. The maximum absolute atomic E-state index is 11.0. The molecule has 4 nitrogen and oxygen atoms in total. The Labute approximate surface area is 91.9 Å². The summed E-state index contributed by atoms with van der Waals surface area (Å²) in [7, 11) is 0. The summed E-state index contributed by atoms with van der Waals surface area (Å²) in [4.78, 5) is 21.9. The lowest BCUT2D eigenvalue weighted by atomic mass is 10.1. The molecule has 0 heterocycles. The van der Waals surface area contributed by atoms with Crippen LogP contribution in [0, 0.1) is 0 Å². The molecule has 2 N–H and O–H groups in total. The Morgan fingerprint density at radius 1 is 1.33 bits per heavy atom. The summed E-state index contributed by atoms with van der Waals surface area (Å²) in [6, 6.07) is 7.40. The fourth-order valence-electron chi connectivity index (χ4n) is 1.13. The molecule has 0 bridgehead atoms. The molecule has 0 unspecified atom stereocenters. The average molecular weight is 228 g/mol. The Morgan fingerprint density at radius 2 is 1.93 bits per heavy atom. The summed E-state index contributed by atoms with van der Waals surface area (Å²) in [6.07, 6.45) is 0. The van der Waals surface area contributed by atoms with E-state index >= 15 is 0 Å². The van der Waals surface area contributed by atoms with Gasteiger partial charge in [0.05, 0.1) is 0 Å². The molecule has 0 aliphatic rings. The number of carbonyl (C=O) groups is 2. The quantitative estimate of drug-likeness (QED) is 0.759. The van der Waals surface area contributed by atoms with E-state index in [-0.39, 0.29) is 5.88 Å². The third-order valence-corrected chi connectivity index (χ3v) is 2.05. The van der Waals surface area contributed by atoms with Gasteiger partial charge >= 0.3 is 5.97 Å². The molecule has 80 valence electrons. The Hall–Kier alpha value is -1.55. The standard InChI is InChI=1S/C10H10ClNO3/c11-6-8(13)12-9(10(14)15)7-4-2-1-3-5-7/h1-5,9H,6H2,(H,12,13)(H,14,15)/t9-/m1/s1. The average Bonchev–Trinajstić information content (AvgIpc) is 2.26. The molecule has 0 fully saturated rings. The van der Waals surface area contributed by atoms with Gasteiger partial charge in [-0.25, -0.2) is 4.79 Å². The van der Waals surface area contributed by atoms with Crippen molar-refractivity contribution < 1.29 is 14.7 Å². The minimum atomic E-state index is -1.11. The van der Waals surface area contributed by atoms with Gasteiger partial charge in [0.2, 0.25) is 5.91 Å². The van der Waals surface area contributed by atoms with Gasteiger partial charge in [-0.3, -0.25) is 4.79 Å². The molecule has 15 heavy (non-hydrogen) atoms. The number of hydrogen-bond acceptors (Lipinski definition) is 2. The number of benzene rings is 1. The first kappa shape index (κ1) is 11.5. The molecular weight excluding hydrogens is 218 g/mol. The van der Waals surface area contributed by atoms with Gasteiger partial charge in [0.1, 0.15) is 5.88 Å². The van der Waals surface area contributed by atoms with E-state index in [4.69, 9.17) is 16.7 Å². The van der Waals surface area contributed by atoms with E-state index in [0.29, 0.717) is 5.56 Å². The SMILES string of the molecule is O=C(CCl)N[C@@H](C(=O)O)c1ccccc1. The van der Waals surface area contributed by atoms with E-state index in [9.17, 15) is 9.59 Å². The molecule has 0 saturated carbocycles. The number of rotatable bonds is 4. The van der Waals surface area contributed by atoms with Crippen LogP contribution in [0.25, 0.3) is 0 Å². The van der Waals surface area contributed by atoms with Gasteiger partial charge in [-0.2, -0.15) is 0 Å². The van der Waals surface area contributed by atoms with Crippen LogP contribution in [0.15, 0.2) is 30.3 Å². The minimum Gasteiger partial charge on any atom is -0.479 e. The highest BCUT2D eigenvalue weighted by Crippen LogP contribution is 2.12. The van der Waals surface area contributed by atoms with Gasteiger partial charge in [0, 0.05) is 0 Å². The van der Waals surface area contributed by atoms with Gasteiger partial charge in [-0.1, -0.05) is 30.3 Å². The Kier molecular flexibility index (Phi) is 4.12. The first-order chi connectivity index (χ1) is 7.15. The second kappa shape index (κ2) is 5.36.